The first-order valence-electron chi connectivity index (χ1n) is 17.2. The topological polar surface area (TPSA) is 105 Å². The highest BCUT2D eigenvalue weighted by molar-refractivity contribution is 5.97. The molecule has 3 atom stereocenters. The molecule has 9 heteroatoms. The summed E-state index contributed by atoms with van der Waals surface area (Å²) in [5, 5.41) is 3.13. The zero-order valence-electron chi connectivity index (χ0n) is 27.9. The van der Waals surface area contributed by atoms with E-state index in [-0.39, 0.29) is 41.6 Å². The summed E-state index contributed by atoms with van der Waals surface area (Å²) in [5.74, 6) is -0.573. The second-order valence-electron chi connectivity index (χ2n) is 13.1. The van der Waals surface area contributed by atoms with Gasteiger partial charge in [-0.3, -0.25) is 19.2 Å². The Kier molecular flexibility index (Phi) is 10.1. The van der Waals surface area contributed by atoms with Gasteiger partial charge >= 0.3 is 5.97 Å². The van der Waals surface area contributed by atoms with Gasteiger partial charge in [-0.25, -0.2) is 0 Å². The van der Waals surface area contributed by atoms with Crippen LogP contribution in [0.2, 0.25) is 0 Å². The minimum atomic E-state index is -0.971. The SMILES string of the molecule is CCOC(=O)C1CCCN(C(=O)[C@@]2(c3ccccc3)CC[C@H](C(=O)N3CCC(NC(=O)c4ccccc4OC)CC3)c3ccccc32)C1. The molecule has 0 saturated carbocycles. The second kappa shape index (κ2) is 14.6. The normalized spacial score (nSPS) is 22.7. The predicted octanol–water partition coefficient (Wildman–Crippen LogP) is 5.08. The standard InChI is InChI=1S/C39H45N3O6/c1-3-48-37(45)27-12-11-23-42(26-27)38(46)39(28-13-5-4-6-14-28)22-19-31(30-15-7-9-17-33(30)39)36(44)41-24-20-29(21-25-41)40-35(43)32-16-8-10-18-34(32)47-2/h4-10,13-18,27,29,31H,3,11-12,19-26H2,1-2H3,(H,40,43)/t27?,31-,39+/m0/s1. The Labute approximate surface area is 282 Å². The number of nitrogens with zero attached hydrogens (tertiary/aromatic N) is 2. The molecule has 0 radical (unpaired) electrons. The van der Waals surface area contributed by atoms with Crippen molar-refractivity contribution in [1.82, 2.24) is 15.1 Å². The Bertz CT molecular complexity index is 1640. The minimum absolute atomic E-state index is 0.0207. The van der Waals surface area contributed by atoms with Crippen molar-refractivity contribution in [3.63, 3.8) is 0 Å². The molecule has 2 heterocycles. The van der Waals surface area contributed by atoms with E-state index in [2.05, 4.69) is 5.32 Å². The van der Waals surface area contributed by atoms with Gasteiger partial charge in [-0.15, -0.1) is 0 Å². The average molecular weight is 652 g/mol. The lowest BCUT2D eigenvalue weighted by Gasteiger charge is -2.46. The van der Waals surface area contributed by atoms with Crippen molar-refractivity contribution in [2.75, 3.05) is 39.9 Å². The van der Waals surface area contributed by atoms with Crippen molar-refractivity contribution in [1.29, 1.82) is 0 Å². The molecule has 6 rings (SSSR count). The van der Waals surface area contributed by atoms with Crippen molar-refractivity contribution < 1.29 is 28.7 Å². The van der Waals surface area contributed by atoms with E-state index in [1.54, 1.807) is 26.2 Å². The number of nitrogens with one attached hydrogen (secondary N) is 1. The number of fused-ring (bicyclic) bond motifs is 1. The number of piperidine rings is 2. The Balaban J connectivity index is 1.22. The number of carbonyl (C=O) groups excluding carboxylic acids is 4. The number of amides is 3. The molecule has 2 aliphatic heterocycles. The maximum atomic E-state index is 14.8. The van der Waals surface area contributed by atoms with Crippen LogP contribution in [-0.2, 0) is 24.5 Å². The van der Waals surface area contributed by atoms with Gasteiger partial charge in [-0.1, -0.05) is 66.7 Å². The van der Waals surface area contributed by atoms with Crippen LogP contribution in [0.25, 0.3) is 0 Å². The van der Waals surface area contributed by atoms with E-state index >= 15 is 0 Å². The third-order valence-corrected chi connectivity index (χ3v) is 10.4. The van der Waals surface area contributed by atoms with Crippen molar-refractivity contribution in [2.24, 2.45) is 5.92 Å². The lowest BCUT2D eigenvalue weighted by molar-refractivity contribution is -0.152. The van der Waals surface area contributed by atoms with Crippen LogP contribution in [0.1, 0.15) is 78.4 Å². The van der Waals surface area contributed by atoms with E-state index in [1.807, 2.05) is 76.5 Å². The maximum Gasteiger partial charge on any atom is 0.310 e. The number of esters is 1. The van der Waals surface area contributed by atoms with Gasteiger partial charge in [0.25, 0.3) is 5.91 Å². The molecule has 1 aliphatic carbocycles. The van der Waals surface area contributed by atoms with Crippen molar-refractivity contribution in [3.8, 4) is 5.75 Å². The number of hydrogen-bond donors (Lipinski definition) is 1. The monoisotopic (exact) mass is 651 g/mol. The van der Waals surface area contributed by atoms with Gasteiger partial charge in [0.15, 0.2) is 0 Å². The Morgan fingerprint density at radius 3 is 2.29 bits per heavy atom. The first-order valence-corrected chi connectivity index (χ1v) is 17.2. The Morgan fingerprint density at radius 1 is 0.833 bits per heavy atom. The number of rotatable bonds is 8. The van der Waals surface area contributed by atoms with Gasteiger partial charge < -0.3 is 24.6 Å². The second-order valence-corrected chi connectivity index (χ2v) is 13.1. The van der Waals surface area contributed by atoms with Crippen molar-refractivity contribution >= 4 is 23.7 Å². The fraction of sp³-hybridized carbons (Fsp3) is 0.436. The van der Waals surface area contributed by atoms with Gasteiger partial charge in [0, 0.05) is 32.2 Å². The van der Waals surface area contributed by atoms with Gasteiger partial charge in [0.05, 0.1) is 36.5 Å². The summed E-state index contributed by atoms with van der Waals surface area (Å²) in [5.41, 5.74) is 2.17. The van der Waals surface area contributed by atoms with Crippen LogP contribution in [0.3, 0.4) is 0 Å². The molecule has 1 N–H and O–H groups in total. The van der Waals surface area contributed by atoms with Crippen LogP contribution in [0.4, 0.5) is 0 Å². The van der Waals surface area contributed by atoms with Crippen LogP contribution >= 0.6 is 0 Å². The van der Waals surface area contributed by atoms with E-state index in [0.29, 0.717) is 76.2 Å². The first-order chi connectivity index (χ1) is 23.4. The number of methoxy groups -OCH3 is 1. The van der Waals surface area contributed by atoms with Crippen LogP contribution in [0, 0.1) is 5.92 Å². The predicted molar refractivity (Wildman–Crippen MR) is 182 cm³/mol. The average Bonchev–Trinajstić information content (AvgIpc) is 3.14. The third-order valence-electron chi connectivity index (χ3n) is 10.4. The van der Waals surface area contributed by atoms with E-state index < -0.39 is 5.41 Å². The largest absolute Gasteiger partial charge is 0.496 e. The molecule has 3 amide bonds. The number of para-hydroxylation sites is 1. The molecule has 0 spiro atoms. The number of likely N-dealkylation sites (tertiary alicyclic amines) is 2. The number of ether oxygens (including phenoxy) is 2. The molecule has 2 saturated heterocycles. The van der Waals surface area contributed by atoms with E-state index in [9.17, 15) is 19.2 Å². The Hall–Kier alpha value is -4.66. The van der Waals surface area contributed by atoms with Gasteiger partial charge in [0.1, 0.15) is 5.75 Å². The molecule has 48 heavy (non-hydrogen) atoms. The first kappa shape index (κ1) is 33.2. The lowest BCUT2D eigenvalue weighted by Crippen LogP contribution is -2.54. The number of hydrogen-bond acceptors (Lipinski definition) is 6. The molecule has 252 valence electrons. The smallest absolute Gasteiger partial charge is 0.310 e. The van der Waals surface area contributed by atoms with Gasteiger partial charge in [-0.05, 0) is 74.3 Å². The Morgan fingerprint density at radius 2 is 1.54 bits per heavy atom. The molecule has 3 aromatic rings. The molecule has 3 aromatic carbocycles. The van der Waals surface area contributed by atoms with Crippen LogP contribution in [0.15, 0.2) is 78.9 Å². The molecular weight excluding hydrogens is 606 g/mol. The fourth-order valence-electron chi connectivity index (χ4n) is 7.91. The van der Waals surface area contributed by atoms with Gasteiger partial charge in [0.2, 0.25) is 11.8 Å². The quantitative estimate of drug-likeness (QED) is 0.341. The molecule has 0 aromatic heterocycles. The van der Waals surface area contributed by atoms with Crippen molar-refractivity contribution in [3.05, 3.63) is 101 Å². The summed E-state index contributed by atoms with van der Waals surface area (Å²) < 4.78 is 10.7. The highest BCUT2D eigenvalue weighted by Gasteiger charge is 2.51. The highest BCUT2D eigenvalue weighted by Crippen LogP contribution is 2.49. The molecular formula is C39H45N3O6. The van der Waals surface area contributed by atoms with E-state index in [0.717, 1.165) is 23.1 Å². The lowest BCUT2D eigenvalue weighted by atomic mass is 9.62. The van der Waals surface area contributed by atoms with Crippen molar-refractivity contribution in [2.45, 2.75) is 62.8 Å². The summed E-state index contributed by atoms with van der Waals surface area (Å²) >= 11 is 0. The third kappa shape index (κ3) is 6.42. The summed E-state index contributed by atoms with van der Waals surface area (Å²) in [6.07, 6.45) is 3.76. The highest BCUT2D eigenvalue weighted by atomic mass is 16.5. The van der Waals surface area contributed by atoms with Gasteiger partial charge in [-0.2, -0.15) is 0 Å². The zero-order valence-corrected chi connectivity index (χ0v) is 27.9. The van der Waals surface area contributed by atoms with Crippen LogP contribution < -0.4 is 10.1 Å². The summed E-state index contributed by atoms with van der Waals surface area (Å²) in [4.78, 5) is 58.5. The van der Waals surface area contributed by atoms with Crippen LogP contribution in [-0.4, -0.2) is 79.4 Å². The van der Waals surface area contributed by atoms with Crippen LogP contribution in [0.5, 0.6) is 5.75 Å². The van der Waals surface area contributed by atoms with E-state index in [4.69, 9.17) is 9.47 Å². The molecule has 3 aliphatic rings. The summed E-state index contributed by atoms with van der Waals surface area (Å²) in [7, 11) is 1.55. The fourth-order valence-corrected chi connectivity index (χ4v) is 7.91. The molecule has 1 unspecified atom stereocenters. The molecule has 0 bridgehead atoms. The maximum absolute atomic E-state index is 14.8. The number of carbonyl (C=O) groups is 4. The minimum Gasteiger partial charge on any atom is -0.496 e. The molecule has 9 nitrogen and oxygen atoms in total. The summed E-state index contributed by atoms with van der Waals surface area (Å²) in [6, 6.07) is 24.9. The zero-order chi connectivity index (χ0) is 33.7. The van der Waals surface area contributed by atoms with E-state index in [1.165, 1.54) is 0 Å². The molecule has 2 fully saturated rings. The number of benzene rings is 3. The summed E-state index contributed by atoms with van der Waals surface area (Å²) in [6.45, 7) is 4.11.